The summed E-state index contributed by atoms with van der Waals surface area (Å²) in [5.41, 5.74) is 6.28. The second-order valence-corrected chi connectivity index (χ2v) is 4.54. The lowest BCUT2D eigenvalue weighted by Crippen LogP contribution is -2.10. The fraction of sp³-hybridized carbons (Fsp3) is 0.667. The molecule has 1 aromatic heterocycles. The second-order valence-electron chi connectivity index (χ2n) is 4.54. The average Bonchev–Trinajstić information content (AvgIpc) is 2.63. The number of hydrogen-bond donors (Lipinski definition) is 2. The molecule has 1 aromatic rings. The minimum absolute atomic E-state index is 0.322. The minimum atomic E-state index is -0.459. The van der Waals surface area contributed by atoms with Crippen LogP contribution in [0.2, 0.25) is 0 Å². The number of anilines is 2. The van der Waals surface area contributed by atoms with Gasteiger partial charge in [0.2, 0.25) is 0 Å². The van der Waals surface area contributed by atoms with Crippen LogP contribution in [0.4, 0.5) is 11.6 Å². The number of nitrogen functional groups attached to an aromatic ring is 1. The molecule has 0 aromatic carbocycles. The SMILES string of the molecule is CCNc1nn(CCC(C)C)c(N)c1C(=O)OC. The van der Waals surface area contributed by atoms with E-state index in [1.807, 2.05) is 6.92 Å². The molecule has 102 valence electrons. The van der Waals surface area contributed by atoms with Crippen LogP contribution in [-0.4, -0.2) is 29.4 Å². The van der Waals surface area contributed by atoms with Crippen molar-refractivity contribution in [1.82, 2.24) is 9.78 Å². The highest BCUT2D eigenvalue weighted by atomic mass is 16.5. The Balaban J connectivity index is 3.03. The number of hydrogen-bond acceptors (Lipinski definition) is 5. The zero-order valence-electron chi connectivity index (χ0n) is 11.5. The van der Waals surface area contributed by atoms with E-state index in [1.54, 1.807) is 4.68 Å². The number of rotatable bonds is 6. The molecule has 0 saturated carbocycles. The first-order chi connectivity index (χ1) is 8.51. The zero-order chi connectivity index (χ0) is 13.7. The van der Waals surface area contributed by atoms with Crippen LogP contribution < -0.4 is 11.1 Å². The maximum Gasteiger partial charge on any atom is 0.345 e. The molecular weight excluding hydrogens is 232 g/mol. The van der Waals surface area contributed by atoms with Gasteiger partial charge in [0.25, 0.3) is 0 Å². The van der Waals surface area contributed by atoms with Crippen molar-refractivity contribution >= 4 is 17.6 Å². The van der Waals surface area contributed by atoms with Crippen LogP contribution >= 0.6 is 0 Å². The summed E-state index contributed by atoms with van der Waals surface area (Å²) in [5.74, 6) is 0.945. The molecule has 18 heavy (non-hydrogen) atoms. The van der Waals surface area contributed by atoms with Gasteiger partial charge in [-0.25, -0.2) is 9.48 Å². The lowest BCUT2D eigenvalue weighted by atomic mass is 10.1. The Hall–Kier alpha value is -1.72. The van der Waals surface area contributed by atoms with E-state index >= 15 is 0 Å². The quantitative estimate of drug-likeness (QED) is 0.755. The van der Waals surface area contributed by atoms with Gasteiger partial charge in [0.1, 0.15) is 11.4 Å². The standard InChI is InChI=1S/C12H22N4O2/c1-5-14-11-9(12(17)18-4)10(13)16(15-11)7-6-8(2)3/h8H,5-7,13H2,1-4H3,(H,14,15). The molecule has 0 amide bonds. The zero-order valence-corrected chi connectivity index (χ0v) is 11.5. The van der Waals surface area contributed by atoms with Gasteiger partial charge < -0.3 is 15.8 Å². The van der Waals surface area contributed by atoms with E-state index in [-0.39, 0.29) is 0 Å². The lowest BCUT2D eigenvalue weighted by Gasteiger charge is -2.06. The van der Waals surface area contributed by atoms with Crippen molar-refractivity contribution in [2.45, 2.75) is 33.7 Å². The summed E-state index contributed by atoms with van der Waals surface area (Å²) in [5, 5.41) is 7.35. The third-order valence-electron chi connectivity index (χ3n) is 2.64. The molecule has 0 aliphatic heterocycles. The van der Waals surface area contributed by atoms with E-state index in [0.717, 1.165) is 6.42 Å². The second kappa shape index (κ2) is 6.28. The Morgan fingerprint density at radius 3 is 2.72 bits per heavy atom. The first-order valence-electron chi connectivity index (χ1n) is 6.19. The van der Waals surface area contributed by atoms with Crippen molar-refractivity contribution < 1.29 is 9.53 Å². The molecular formula is C12H22N4O2. The summed E-state index contributed by atoms with van der Waals surface area (Å²) >= 11 is 0. The number of ether oxygens (including phenoxy) is 1. The van der Waals surface area contributed by atoms with Crippen LogP contribution in [0.1, 0.15) is 37.6 Å². The first-order valence-corrected chi connectivity index (χ1v) is 6.19. The van der Waals surface area contributed by atoms with Crippen molar-refractivity contribution in [3.05, 3.63) is 5.56 Å². The number of carbonyl (C=O) groups is 1. The average molecular weight is 254 g/mol. The number of aromatic nitrogens is 2. The Labute approximate surface area is 107 Å². The Morgan fingerprint density at radius 1 is 1.56 bits per heavy atom. The topological polar surface area (TPSA) is 82.2 Å². The smallest absolute Gasteiger partial charge is 0.345 e. The maximum atomic E-state index is 11.7. The number of methoxy groups -OCH3 is 1. The van der Waals surface area contributed by atoms with Crippen LogP contribution in [0, 0.1) is 5.92 Å². The summed E-state index contributed by atoms with van der Waals surface area (Å²) in [6.45, 7) is 7.56. The van der Waals surface area contributed by atoms with Crippen molar-refractivity contribution in [3.8, 4) is 0 Å². The predicted molar refractivity (Wildman–Crippen MR) is 71.6 cm³/mol. The van der Waals surface area contributed by atoms with E-state index in [0.29, 0.717) is 36.2 Å². The van der Waals surface area contributed by atoms with Crippen LogP contribution in [0.3, 0.4) is 0 Å². The summed E-state index contributed by atoms with van der Waals surface area (Å²) in [7, 11) is 1.34. The largest absolute Gasteiger partial charge is 0.465 e. The van der Waals surface area contributed by atoms with Gasteiger partial charge in [-0.15, -0.1) is 0 Å². The van der Waals surface area contributed by atoms with E-state index in [1.165, 1.54) is 7.11 Å². The molecule has 0 saturated heterocycles. The molecule has 0 aliphatic rings. The number of nitrogens with two attached hydrogens (primary N) is 1. The van der Waals surface area contributed by atoms with Gasteiger partial charge in [0, 0.05) is 13.1 Å². The van der Waals surface area contributed by atoms with Gasteiger partial charge in [-0.3, -0.25) is 0 Å². The Morgan fingerprint density at radius 2 is 2.22 bits per heavy atom. The Kier molecular flexibility index (Phi) is 5.00. The predicted octanol–water partition coefficient (Wildman–Crippen LogP) is 1.73. The normalized spacial score (nSPS) is 10.7. The van der Waals surface area contributed by atoms with Crippen molar-refractivity contribution in [2.24, 2.45) is 5.92 Å². The fourth-order valence-electron chi connectivity index (χ4n) is 1.62. The molecule has 1 heterocycles. The lowest BCUT2D eigenvalue weighted by molar-refractivity contribution is 0.0603. The van der Waals surface area contributed by atoms with E-state index in [4.69, 9.17) is 10.5 Å². The van der Waals surface area contributed by atoms with Gasteiger partial charge >= 0.3 is 5.97 Å². The molecule has 0 spiro atoms. The summed E-state index contributed by atoms with van der Waals surface area (Å²) in [6, 6.07) is 0. The molecule has 0 fully saturated rings. The maximum absolute atomic E-state index is 11.7. The van der Waals surface area contributed by atoms with Crippen LogP contribution in [0.5, 0.6) is 0 Å². The van der Waals surface area contributed by atoms with Crippen LogP contribution in [-0.2, 0) is 11.3 Å². The molecule has 3 N–H and O–H groups in total. The molecule has 0 aliphatic carbocycles. The highest BCUT2D eigenvalue weighted by Gasteiger charge is 2.22. The molecule has 6 heteroatoms. The van der Waals surface area contributed by atoms with Crippen LogP contribution in [0.25, 0.3) is 0 Å². The monoisotopic (exact) mass is 254 g/mol. The highest BCUT2D eigenvalue weighted by Crippen LogP contribution is 2.23. The summed E-state index contributed by atoms with van der Waals surface area (Å²) in [4.78, 5) is 11.7. The Bertz CT molecular complexity index is 412. The molecule has 1 rings (SSSR count). The van der Waals surface area contributed by atoms with Gasteiger partial charge in [0.05, 0.1) is 7.11 Å². The summed E-state index contributed by atoms with van der Waals surface area (Å²) in [6.07, 6.45) is 0.956. The van der Waals surface area contributed by atoms with E-state index in [2.05, 4.69) is 24.3 Å². The summed E-state index contributed by atoms with van der Waals surface area (Å²) < 4.78 is 6.39. The van der Waals surface area contributed by atoms with Gasteiger partial charge in [0.15, 0.2) is 5.82 Å². The van der Waals surface area contributed by atoms with Gasteiger partial charge in [-0.2, -0.15) is 5.10 Å². The van der Waals surface area contributed by atoms with Crippen LogP contribution in [0.15, 0.2) is 0 Å². The highest BCUT2D eigenvalue weighted by molar-refractivity contribution is 5.99. The van der Waals surface area contributed by atoms with Crippen molar-refractivity contribution in [2.75, 3.05) is 24.7 Å². The molecule has 0 unspecified atom stereocenters. The van der Waals surface area contributed by atoms with E-state index < -0.39 is 5.97 Å². The number of aryl methyl sites for hydroxylation is 1. The number of nitrogens with zero attached hydrogens (tertiary/aromatic N) is 2. The minimum Gasteiger partial charge on any atom is -0.465 e. The van der Waals surface area contributed by atoms with Gasteiger partial charge in [-0.1, -0.05) is 13.8 Å². The van der Waals surface area contributed by atoms with Crippen molar-refractivity contribution in [3.63, 3.8) is 0 Å². The molecule has 0 atom stereocenters. The van der Waals surface area contributed by atoms with Gasteiger partial charge in [-0.05, 0) is 19.3 Å². The number of esters is 1. The van der Waals surface area contributed by atoms with E-state index in [9.17, 15) is 4.79 Å². The number of carbonyl (C=O) groups excluding carboxylic acids is 1. The van der Waals surface area contributed by atoms with Crippen molar-refractivity contribution in [1.29, 1.82) is 0 Å². The third-order valence-corrected chi connectivity index (χ3v) is 2.64. The fourth-order valence-corrected chi connectivity index (χ4v) is 1.62. The molecule has 6 nitrogen and oxygen atoms in total. The molecule has 0 bridgehead atoms. The first kappa shape index (κ1) is 14.3. The third kappa shape index (κ3) is 3.15. The number of nitrogens with one attached hydrogen (secondary N) is 1. The molecule has 0 radical (unpaired) electrons.